The molecule has 10 nitrogen and oxygen atoms in total. The Labute approximate surface area is 240 Å². The van der Waals surface area contributed by atoms with E-state index in [4.69, 9.17) is 14.2 Å². The van der Waals surface area contributed by atoms with Crippen molar-refractivity contribution in [2.75, 3.05) is 57.6 Å². The second-order valence-corrected chi connectivity index (χ2v) is 9.79. The molecule has 0 aliphatic carbocycles. The zero-order chi connectivity index (χ0) is 28.7. The molecule has 216 valence electrons. The van der Waals surface area contributed by atoms with Crippen molar-refractivity contribution in [3.05, 3.63) is 65.8 Å². The number of carbonyl (C=O) groups excluding carboxylic acids is 2. The number of aromatic nitrogens is 2. The van der Waals surface area contributed by atoms with Crippen LogP contribution in [0.5, 0.6) is 0 Å². The van der Waals surface area contributed by atoms with Crippen LogP contribution in [-0.2, 0) is 30.2 Å². The Balaban J connectivity index is 1.10. The molecular weight excluding hydrogens is 522 g/mol. The number of hydrogen-bond donors (Lipinski definition) is 2. The normalized spacial score (nSPS) is 13.6. The molecule has 1 amide bonds. The number of anilines is 1. The Morgan fingerprint density at radius 3 is 2.54 bits per heavy atom. The number of carbonyl (C=O) groups is 2. The van der Waals surface area contributed by atoms with E-state index in [0.717, 1.165) is 35.1 Å². The Kier molecular flexibility index (Phi) is 11.7. The zero-order valence-corrected chi connectivity index (χ0v) is 23.3. The number of imidazole rings is 1. The number of aromatic amines is 1. The van der Waals surface area contributed by atoms with Crippen molar-refractivity contribution in [3.63, 3.8) is 0 Å². The number of rotatable bonds is 15. The van der Waals surface area contributed by atoms with Crippen LogP contribution in [0.2, 0.25) is 0 Å². The summed E-state index contributed by atoms with van der Waals surface area (Å²) < 4.78 is 16.0. The van der Waals surface area contributed by atoms with Crippen molar-refractivity contribution in [1.82, 2.24) is 15.3 Å². The lowest BCUT2D eigenvalue weighted by molar-refractivity contribution is -0.145. The number of nitrogens with zero attached hydrogens (tertiary/aromatic N) is 3. The number of esters is 1. The zero-order valence-electron chi connectivity index (χ0n) is 23.3. The maximum absolute atomic E-state index is 12.5. The number of amides is 1. The van der Waals surface area contributed by atoms with Crippen molar-refractivity contribution in [2.45, 2.75) is 32.1 Å². The van der Waals surface area contributed by atoms with Crippen LogP contribution in [0.25, 0.3) is 16.8 Å². The summed E-state index contributed by atoms with van der Waals surface area (Å²) in [6, 6.07) is 14.4. The summed E-state index contributed by atoms with van der Waals surface area (Å²) in [6.45, 7) is 3.87. The molecule has 0 atom stereocenters. The fraction of sp³-hybridized carbons (Fsp3) is 0.419. The molecule has 10 heteroatoms. The highest BCUT2D eigenvalue weighted by Crippen LogP contribution is 2.26. The summed E-state index contributed by atoms with van der Waals surface area (Å²) in [5, 5.41) is 14.5. The molecule has 0 saturated carbocycles. The quantitative estimate of drug-likeness (QED) is 0.125. The minimum absolute atomic E-state index is 0.0386. The van der Waals surface area contributed by atoms with E-state index in [1.54, 1.807) is 18.6 Å². The van der Waals surface area contributed by atoms with Gasteiger partial charge in [-0.25, -0.2) is 4.98 Å². The largest absolute Gasteiger partial charge is 0.463 e. The first-order valence-corrected chi connectivity index (χ1v) is 14.1. The van der Waals surface area contributed by atoms with Gasteiger partial charge in [-0.1, -0.05) is 18.2 Å². The number of piperidine rings is 1. The van der Waals surface area contributed by atoms with Crippen LogP contribution in [0.1, 0.15) is 36.9 Å². The predicted molar refractivity (Wildman–Crippen MR) is 156 cm³/mol. The summed E-state index contributed by atoms with van der Waals surface area (Å²) in [4.78, 5) is 33.5. The Morgan fingerprint density at radius 1 is 1.00 bits per heavy atom. The fourth-order valence-corrected chi connectivity index (χ4v) is 4.60. The van der Waals surface area contributed by atoms with Gasteiger partial charge in [-0.3, -0.25) is 9.59 Å². The molecule has 0 unspecified atom stereocenters. The molecule has 0 spiro atoms. The third kappa shape index (κ3) is 9.74. The van der Waals surface area contributed by atoms with Crippen molar-refractivity contribution in [3.8, 4) is 6.07 Å². The second-order valence-electron chi connectivity index (χ2n) is 9.79. The molecule has 2 heterocycles. The molecule has 4 rings (SSSR count). The minimum Gasteiger partial charge on any atom is -0.463 e. The van der Waals surface area contributed by atoms with Gasteiger partial charge in [-0.05, 0) is 66.3 Å². The van der Waals surface area contributed by atoms with Gasteiger partial charge in [0.2, 0.25) is 0 Å². The molecule has 2 N–H and O–H groups in total. The number of H-pyrrole nitrogens is 1. The molecule has 0 radical (unpaired) electrons. The van der Waals surface area contributed by atoms with E-state index in [-0.39, 0.29) is 44.3 Å². The monoisotopic (exact) mass is 559 g/mol. The predicted octanol–water partition coefficient (Wildman–Crippen LogP) is 3.79. The topological polar surface area (TPSA) is 130 Å². The number of ether oxygens (including phenoxy) is 3. The minimum atomic E-state index is -0.442. The number of nitrogens with one attached hydrogen (secondary N) is 2. The van der Waals surface area contributed by atoms with E-state index in [1.165, 1.54) is 24.9 Å². The van der Waals surface area contributed by atoms with Crippen LogP contribution in [0.3, 0.4) is 0 Å². The standard InChI is InChI=1S/C31H37N5O5/c32-21-27(19-24-4-5-26-20-29(8-6-25(26)18-24)36-11-2-1-3-12-36)31(38)34-10-13-39-14-15-40-16-17-41-30(37)9-7-28-22-33-23-35-28/h4-6,8,18-20,22-23H,1-3,7,9-17H2,(H,33,35)(H,34,38)/b27-19+. The van der Waals surface area contributed by atoms with Crippen LogP contribution in [0, 0.1) is 11.3 Å². The smallest absolute Gasteiger partial charge is 0.306 e. The van der Waals surface area contributed by atoms with Gasteiger partial charge < -0.3 is 29.4 Å². The molecule has 41 heavy (non-hydrogen) atoms. The second kappa shape index (κ2) is 16.2. The molecule has 1 saturated heterocycles. The number of nitriles is 1. The lowest BCUT2D eigenvalue weighted by atomic mass is 10.0. The van der Waals surface area contributed by atoms with E-state index in [1.807, 2.05) is 24.3 Å². The van der Waals surface area contributed by atoms with Crippen molar-refractivity contribution in [2.24, 2.45) is 0 Å². The van der Waals surface area contributed by atoms with E-state index in [0.29, 0.717) is 19.6 Å². The van der Waals surface area contributed by atoms with Gasteiger partial charge >= 0.3 is 5.97 Å². The molecule has 1 aromatic heterocycles. The van der Waals surface area contributed by atoms with Crippen LogP contribution in [-0.4, -0.2) is 74.5 Å². The molecule has 2 aromatic carbocycles. The molecule has 1 aliphatic heterocycles. The van der Waals surface area contributed by atoms with E-state index in [2.05, 4.69) is 38.4 Å². The van der Waals surface area contributed by atoms with Crippen LogP contribution >= 0.6 is 0 Å². The number of hydrogen-bond acceptors (Lipinski definition) is 8. The van der Waals surface area contributed by atoms with Crippen molar-refractivity contribution < 1.29 is 23.8 Å². The summed E-state index contributed by atoms with van der Waals surface area (Å²) in [5.74, 6) is -0.731. The average Bonchev–Trinajstić information content (AvgIpc) is 3.53. The Bertz CT molecular complexity index is 1340. The highest BCUT2D eigenvalue weighted by atomic mass is 16.6. The van der Waals surface area contributed by atoms with Gasteiger partial charge in [0.05, 0.1) is 39.2 Å². The highest BCUT2D eigenvalue weighted by Gasteiger charge is 2.12. The van der Waals surface area contributed by atoms with Crippen molar-refractivity contribution >= 4 is 34.4 Å². The summed E-state index contributed by atoms with van der Waals surface area (Å²) >= 11 is 0. The van der Waals surface area contributed by atoms with Gasteiger partial charge in [-0.2, -0.15) is 5.26 Å². The highest BCUT2D eigenvalue weighted by molar-refractivity contribution is 6.02. The van der Waals surface area contributed by atoms with Crippen LogP contribution in [0.15, 0.2) is 54.5 Å². The van der Waals surface area contributed by atoms with Gasteiger partial charge in [-0.15, -0.1) is 0 Å². The lowest BCUT2D eigenvalue weighted by Crippen LogP contribution is -2.29. The molecule has 0 bridgehead atoms. The van der Waals surface area contributed by atoms with E-state index >= 15 is 0 Å². The number of fused-ring (bicyclic) bond motifs is 1. The first-order valence-electron chi connectivity index (χ1n) is 14.1. The van der Waals surface area contributed by atoms with Gasteiger partial charge in [0.25, 0.3) is 5.91 Å². The van der Waals surface area contributed by atoms with E-state index in [9.17, 15) is 14.9 Å². The maximum Gasteiger partial charge on any atom is 0.306 e. The van der Waals surface area contributed by atoms with E-state index < -0.39 is 5.91 Å². The first-order chi connectivity index (χ1) is 20.1. The van der Waals surface area contributed by atoms with Gasteiger partial charge in [0.15, 0.2) is 0 Å². The summed E-state index contributed by atoms with van der Waals surface area (Å²) in [6.07, 6.45) is 9.45. The maximum atomic E-state index is 12.5. The lowest BCUT2D eigenvalue weighted by Gasteiger charge is -2.29. The van der Waals surface area contributed by atoms with Crippen molar-refractivity contribution in [1.29, 1.82) is 5.26 Å². The third-order valence-electron chi connectivity index (χ3n) is 6.79. The molecule has 3 aromatic rings. The Morgan fingerprint density at radius 2 is 1.76 bits per heavy atom. The first kappa shape index (κ1) is 29.8. The van der Waals surface area contributed by atoms with Gasteiger partial charge in [0.1, 0.15) is 18.2 Å². The van der Waals surface area contributed by atoms with Gasteiger partial charge in [0, 0.05) is 37.2 Å². The molecular formula is C31H37N5O5. The SMILES string of the molecule is N#C/C(=C\c1ccc2cc(N3CCCCC3)ccc2c1)C(=O)NCCOCCOCCOC(=O)CCc1cnc[nH]1. The number of benzene rings is 2. The van der Waals surface area contributed by atoms with Crippen LogP contribution in [0.4, 0.5) is 5.69 Å². The fourth-order valence-electron chi connectivity index (χ4n) is 4.60. The summed E-state index contributed by atoms with van der Waals surface area (Å²) in [5.41, 5.74) is 2.96. The molecule has 1 aliphatic rings. The third-order valence-corrected chi connectivity index (χ3v) is 6.79. The molecule has 1 fully saturated rings. The number of aryl methyl sites for hydroxylation is 1. The van der Waals surface area contributed by atoms with Crippen LogP contribution < -0.4 is 10.2 Å². The Hall–Kier alpha value is -4.20. The summed E-state index contributed by atoms with van der Waals surface area (Å²) in [7, 11) is 0. The average molecular weight is 560 g/mol.